The van der Waals surface area contributed by atoms with Crippen LogP contribution in [0.4, 0.5) is 0 Å². The van der Waals surface area contributed by atoms with Crippen molar-refractivity contribution < 1.29 is 0 Å². The van der Waals surface area contributed by atoms with Crippen LogP contribution in [0.15, 0.2) is 12.3 Å². The SMILES string of the molecule is CN1CCN(Cc2cc(CN)n(C)c2)CC1. The Morgan fingerprint density at radius 2 is 1.88 bits per heavy atom. The Balaban J connectivity index is 1.93. The van der Waals surface area contributed by atoms with E-state index in [4.69, 9.17) is 5.73 Å². The van der Waals surface area contributed by atoms with Crippen molar-refractivity contribution in [2.45, 2.75) is 13.1 Å². The fraction of sp³-hybridized carbons (Fsp3) is 0.667. The van der Waals surface area contributed by atoms with E-state index < -0.39 is 0 Å². The molecule has 4 heteroatoms. The van der Waals surface area contributed by atoms with Gasteiger partial charge < -0.3 is 15.2 Å². The molecule has 0 amide bonds. The van der Waals surface area contributed by atoms with Crippen molar-refractivity contribution in [2.24, 2.45) is 12.8 Å². The average molecular weight is 222 g/mol. The molecule has 1 aromatic rings. The molecule has 0 spiro atoms. The number of rotatable bonds is 3. The number of hydrogen-bond acceptors (Lipinski definition) is 3. The number of likely N-dealkylation sites (N-methyl/N-ethyl adjacent to an activating group) is 1. The van der Waals surface area contributed by atoms with E-state index in [9.17, 15) is 0 Å². The zero-order valence-corrected chi connectivity index (χ0v) is 10.3. The number of piperazine rings is 1. The quantitative estimate of drug-likeness (QED) is 0.795. The van der Waals surface area contributed by atoms with Crippen LogP contribution in [0.1, 0.15) is 11.3 Å². The molecule has 1 fully saturated rings. The van der Waals surface area contributed by atoms with Gasteiger partial charge in [0.2, 0.25) is 0 Å². The standard InChI is InChI=1S/C12H22N4/c1-14-3-5-16(6-4-14)10-11-7-12(8-13)15(2)9-11/h7,9H,3-6,8,10,13H2,1-2H3. The van der Waals surface area contributed by atoms with Crippen LogP contribution in [0.3, 0.4) is 0 Å². The minimum absolute atomic E-state index is 0.624. The van der Waals surface area contributed by atoms with Gasteiger partial charge >= 0.3 is 0 Å². The van der Waals surface area contributed by atoms with Crippen molar-refractivity contribution in [1.29, 1.82) is 0 Å². The average Bonchev–Trinajstić information content (AvgIpc) is 2.62. The molecular weight excluding hydrogens is 200 g/mol. The predicted molar refractivity (Wildman–Crippen MR) is 66.1 cm³/mol. The minimum Gasteiger partial charge on any atom is -0.353 e. The maximum atomic E-state index is 5.67. The van der Waals surface area contributed by atoms with Gasteiger partial charge in [-0.2, -0.15) is 0 Å². The maximum absolute atomic E-state index is 5.67. The maximum Gasteiger partial charge on any atom is 0.0334 e. The Bertz CT molecular complexity index is 337. The summed E-state index contributed by atoms with van der Waals surface area (Å²) < 4.78 is 2.13. The zero-order valence-electron chi connectivity index (χ0n) is 10.3. The molecule has 0 aliphatic carbocycles. The zero-order chi connectivity index (χ0) is 11.5. The topological polar surface area (TPSA) is 37.4 Å². The molecule has 16 heavy (non-hydrogen) atoms. The van der Waals surface area contributed by atoms with Gasteiger partial charge in [0.25, 0.3) is 0 Å². The summed E-state index contributed by atoms with van der Waals surface area (Å²) in [4.78, 5) is 4.89. The van der Waals surface area contributed by atoms with Crippen molar-refractivity contribution in [3.05, 3.63) is 23.5 Å². The third kappa shape index (κ3) is 2.64. The molecule has 0 radical (unpaired) electrons. The van der Waals surface area contributed by atoms with Gasteiger partial charge in [0, 0.05) is 58.2 Å². The summed E-state index contributed by atoms with van der Waals surface area (Å²) >= 11 is 0. The van der Waals surface area contributed by atoms with Crippen LogP contribution >= 0.6 is 0 Å². The Hall–Kier alpha value is -0.840. The van der Waals surface area contributed by atoms with Crippen LogP contribution in [0, 0.1) is 0 Å². The summed E-state index contributed by atoms with van der Waals surface area (Å²) in [6, 6.07) is 2.22. The molecule has 1 aromatic heterocycles. The van der Waals surface area contributed by atoms with E-state index in [1.54, 1.807) is 0 Å². The molecular formula is C12H22N4. The minimum atomic E-state index is 0.624. The van der Waals surface area contributed by atoms with Gasteiger partial charge in [-0.05, 0) is 18.7 Å². The predicted octanol–water partition coefficient (Wildman–Crippen LogP) is 0.231. The van der Waals surface area contributed by atoms with E-state index in [1.807, 2.05) is 0 Å². The number of nitrogens with zero attached hydrogens (tertiary/aromatic N) is 3. The molecule has 2 N–H and O–H groups in total. The van der Waals surface area contributed by atoms with E-state index in [0.29, 0.717) is 6.54 Å². The highest BCUT2D eigenvalue weighted by Gasteiger charge is 2.14. The lowest BCUT2D eigenvalue weighted by molar-refractivity contribution is 0.148. The second-order valence-electron chi connectivity index (χ2n) is 4.73. The van der Waals surface area contributed by atoms with E-state index in [1.165, 1.54) is 37.4 Å². The lowest BCUT2D eigenvalue weighted by Gasteiger charge is -2.32. The van der Waals surface area contributed by atoms with Crippen molar-refractivity contribution in [2.75, 3.05) is 33.2 Å². The van der Waals surface area contributed by atoms with Crippen molar-refractivity contribution in [3.8, 4) is 0 Å². The Morgan fingerprint density at radius 3 is 2.44 bits per heavy atom. The first-order chi connectivity index (χ1) is 7.69. The summed E-state index contributed by atoms with van der Waals surface area (Å²) in [5.74, 6) is 0. The molecule has 90 valence electrons. The van der Waals surface area contributed by atoms with Crippen LogP contribution in [-0.2, 0) is 20.1 Å². The molecule has 0 bridgehead atoms. The summed E-state index contributed by atoms with van der Waals surface area (Å²) in [6.07, 6.45) is 2.19. The van der Waals surface area contributed by atoms with Gasteiger partial charge in [-0.3, -0.25) is 4.90 Å². The monoisotopic (exact) mass is 222 g/mol. The van der Waals surface area contributed by atoms with Crippen LogP contribution in [0.5, 0.6) is 0 Å². The van der Waals surface area contributed by atoms with Crippen LogP contribution in [0.25, 0.3) is 0 Å². The highest BCUT2D eigenvalue weighted by Crippen LogP contribution is 2.11. The van der Waals surface area contributed by atoms with Crippen molar-refractivity contribution >= 4 is 0 Å². The van der Waals surface area contributed by atoms with E-state index in [0.717, 1.165) is 6.54 Å². The van der Waals surface area contributed by atoms with Gasteiger partial charge in [0.1, 0.15) is 0 Å². The third-order valence-electron chi connectivity index (χ3n) is 3.38. The molecule has 0 saturated carbocycles. The summed E-state index contributed by atoms with van der Waals surface area (Å²) in [5.41, 5.74) is 8.27. The molecule has 0 atom stereocenters. The molecule has 1 saturated heterocycles. The number of nitrogens with two attached hydrogens (primary N) is 1. The molecule has 2 rings (SSSR count). The van der Waals surface area contributed by atoms with E-state index in [-0.39, 0.29) is 0 Å². The van der Waals surface area contributed by atoms with Gasteiger partial charge in [-0.15, -0.1) is 0 Å². The van der Waals surface area contributed by atoms with Gasteiger partial charge in [0.15, 0.2) is 0 Å². The normalized spacial score (nSPS) is 19.2. The van der Waals surface area contributed by atoms with Gasteiger partial charge in [0.05, 0.1) is 0 Å². The first kappa shape index (κ1) is 11.6. The smallest absolute Gasteiger partial charge is 0.0334 e. The Morgan fingerprint density at radius 1 is 1.19 bits per heavy atom. The molecule has 0 aromatic carbocycles. The van der Waals surface area contributed by atoms with Crippen molar-refractivity contribution in [1.82, 2.24) is 14.4 Å². The Labute approximate surface area is 97.6 Å². The second-order valence-corrected chi connectivity index (χ2v) is 4.73. The molecule has 4 nitrogen and oxygen atoms in total. The second kappa shape index (κ2) is 4.99. The molecule has 2 heterocycles. The van der Waals surface area contributed by atoms with Crippen LogP contribution in [-0.4, -0.2) is 47.6 Å². The molecule has 1 aliphatic rings. The first-order valence-corrected chi connectivity index (χ1v) is 5.94. The number of aryl methyl sites for hydroxylation is 1. The molecule has 1 aliphatic heterocycles. The lowest BCUT2D eigenvalue weighted by Crippen LogP contribution is -2.43. The van der Waals surface area contributed by atoms with Crippen molar-refractivity contribution in [3.63, 3.8) is 0 Å². The van der Waals surface area contributed by atoms with Crippen LogP contribution < -0.4 is 5.73 Å². The summed E-state index contributed by atoms with van der Waals surface area (Å²) in [5, 5.41) is 0. The largest absolute Gasteiger partial charge is 0.353 e. The van der Waals surface area contributed by atoms with Gasteiger partial charge in [-0.1, -0.05) is 0 Å². The number of hydrogen-bond donors (Lipinski definition) is 1. The van der Waals surface area contributed by atoms with Gasteiger partial charge in [-0.25, -0.2) is 0 Å². The summed E-state index contributed by atoms with van der Waals surface area (Å²) in [6.45, 7) is 6.38. The number of aromatic nitrogens is 1. The fourth-order valence-corrected chi connectivity index (χ4v) is 2.24. The highest BCUT2D eigenvalue weighted by molar-refractivity contribution is 5.18. The van der Waals surface area contributed by atoms with E-state index >= 15 is 0 Å². The lowest BCUT2D eigenvalue weighted by atomic mass is 10.2. The first-order valence-electron chi connectivity index (χ1n) is 5.94. The van der Waals surface area contributed by atoms with Crippen LogP contribution in [0.2, 0.25) is 0 Å². The molecule has 0 unspecified atom stereocenters. The highest BCUT2D eigenvalue weighted by atomic mass is 15.2. The Kier molecular flexibility index (Phi) is 3.63. The fourth-order valence-electron chi connectivity index (χ4n) is 2.24. The third-order valence-corrected chi connectivity index (χ3v) is 3.38. The summed E-state index contributed by atoms with van der Waals surface area (Å²) in [7, 11) is 4.25. The van der Waals surface area contributed by atoms with E-state index in [2.05, 4.69) is 40.7 Å².